The fourth-order valence-corrected chi connectivity index (χ4v) is 4.84. The van der Waals surface area contributed by atoms with Crippen molar-refractivity contribution in [3.8, 4) is 22.4 Å². The topological polar surface area (TPSA) is 82.5 Å². The minimum absolute atomic E-state index is 0.107. The predicted molar refractivity (Wildman–Crippen MR) is 147 cm³/mol. The minimum Gasteiger partial charge on any atom is -0.324 e. The lowest BCUT2D eigenvalue weighted by molar-refractivity contribution is 0.371. The molecule has 0 fully saturated rings. The molecule has 0 aliphatic carbocycles. The van der Waals surface area contributed by atoms with Gasteiger partial charge in [-0.2, -0.15) is 0 Å². The first-order chi connectivity index (χ1) is 17.5. The van der Waals surface area contributed by atoms with Crippen LogP contribution in [0.5, 0.6) is 0 Å². The molecule has 0 aliphatic rings. The molecule has 0 unspecified atom stereocenters. The highest BCUT2D eigenvalue weighted by Crippen LogP contribution is 2.34. The molecular weight excluding hydrogens is 467 g/mol. The third kappa shape index (κ3) is 7.97. The van der Waals surface area contributed by atoms with E-state index in [0.717, 1.165) is 47.3 Å². The molecule has 0 saturated carbocycles. The summed E-state index contributed by atoms with van der Waals surface area (Å²) in [6, 6.07) is 33.7. The third-order valence-corrected chi connectivity index (χ3v) is 7.05. The van der Waals surface area contributed by atoms with Crippen LogP contribution in [0.25, 0.3) is 22.4 Å². The van der Waals surface area contributed by atoms with Crippen LogP contribution in [0.2, 0.25) is 0 Å². The second kappa shape index (κ2) is 12.8. The molecule has 1 heterocycles. The van der Waals surface area contributed by atoms with Crippen molar-refractivity contribution in [2.75, 3.05) is 12.7 Å². The Bertz CT molecular complexity index is 1270. The number of pyridine rings is 1. The molecule has 0 spiro atoms. The molecule has 0 amide bonds. The number of hydrogen-bond acceptors (Lipinski definition) is 3. The molecule has 5 nitrogen and oxygen atoms in total. The molecule has 0 atom stereocenters. The Balaban J connectivity index is 1.45. The molecular formula is C30H33N2O3P. The van der Waals surface area contributed by atoms with Gasteiger partial charge >= 0.3 is 7.60 Å². The Kier molecular flexibility index (Phi) is 9.21. The van der Waals surface area contributed by atoms with Crippen molar-refractivity contribution in [1.29, 1.82) is 0 Å². The molecule has 3 N–H and O–H groups in total. The number of benzene rings is 3. The average molecular weight is 501 g/mol. The second-order valence-corrected chi connectivity index (χ2v) is 10.8. The van der Waals surface area contributed by atoms with Crippen molar-refractivity contribution >= 4 is 7.60 Å². The molecule has 36 heavy (non-hydrogen) atoms. The van der Waals surface area contributed by atoms with Crippen molar-refractivity contribution in [3.05, 3.63) is 114 Å². The summed E-state index contributed by atoms with van der Waals surface area (Å²) in [4.78, 5) is 23.0. The van der Waals surface area contributed by atoms with Gasteiger partial charge in [0.2, 0.25) is 0 Å². The van der Waals surface area contributed by atoms with Crippen molar-refractivity contribution in [2.45, 2.75) is 32.2 Å². The van der Waals surface area contributed by atoms with Gasteiger partial charge in [-0.05, 0) is 55.0 Å². The highest BCUT2D eigenvalue weighted by Gasteiger charge is 2.13. The Morgan fingerprint density at radius 3 is 2.00 bits per heavy atom. The summed E-state index contributed by atoms with van der Waals surface area (Å²) < 4.78 is 11.0. The van der Waals surface area contributed by atoms with E-state index < -0.39 is 7.60 Å². The van der Waals surface area contributed by atoms with Gasteiger partial charge in [-0.15, -0.1) is 0 Å². The van der Waals surface area contributed by atoms with Crippen molar-refractivity contribution in [3.63, 3.8) is 0 Å². The summed E-state index contributed by atoms with van der Waals surface area (Å²) in [5, 5.41) is 3.25. The van der Waals surface area contributed by atoms with E-state index in [9.17, 15) is 4.57 Å². The Morgan fingerprint density at radius 2 is 1.33 bits per heavy atom. The maximum Gasteiger partial charge on any atom is 0.325 e. The summed E-state index contributed by atoms with van der Waals surface area (Å²) in [5.41, 5.74) is 7.82. The van der Waals surface area contributed by atoms with Crippen LogP contribution >= 0.6 is 7.60 Å². The van der Waals surface area contributed by atoms with Crippen LogP contribution in [0.15, 0.2) is 97.1 Å². The largest absolute Gasteiger partial charge is 0.325 e. The molecule has 1 aromatic heterocycles. The number of hydrogen-bond donors (Lipinski definition) is 3. The number of rotatable bonds is 12. The van der Waals surface area contributed by atoms with Crippen LogP contribution in [-0.2, 0) is 24.0 Å². The van der Waals surface area contributed by atoms with Gasteiger partial charge in [0.1, 0.15) is 0 Å². The highest BCUT2D eigenvalue weighted by molar-refractivity contribution is 7.51. The first kappa shape index (κ1) is 26.0. The first-order valence-electron chi connectivity index (χ1n) is 12.4. The summed E-state index contributed by atoms with van der Waals surface area (Å²) in [6.45, 7) is 1.07. The number of aryl methyl sites for hydroxylation is 2. The van der Waals surface area contributed by atoms with Gasteiger partial charge in [-0.3, -0.25) is 9.55 Å². The van der Waals surface area contributed by atoms with E-state index in [-0.39, 0.29) is 6.16 Å². The van der Waals surface area contributed by atoms with Gasteiger partial charge in [0, 0.05) is 17.7 Å². The van der Waals surface area contributed by atoms with Crippen molar-refractivity contribution in [2.24, 2.45) is 0 Å². The van der Waals surface area contributed by atoms with Crippen LogP contribution in [0, 0.1) is 0 Å². The lowest BCUT2D eigenvalue weighted by Gasteiger charge is -2.13. The van der Waals surface area contributed by atoms with Crippen LogP contribution in [0.1, 0.15) is 29.7 Å². The van der Waals surface area contributed by atoms with Crippen LogP contribution < -0.4 is 5.32 Å². The number of nitrogens with zero attached hydrogens (tertiary/aromatic N) is 1. The van der Waals surface area contributed by atoms with E-state index in [4.69, 9.17) is 14.8 Å². The third-order valence-electron chi connectivity index (χ3n) is 6.15. The number of aromatic nitrogens is 1. The molecule has 4 rings (SSSR count). The van der Waals surface area contributed by atoms with E-state index in [1.165, 1.54) is 11.1 Å². The summed E-state index contributed by atoms with van der Waals surface area (Å²) in [5.74, 6) is 0. The van der Waals surface area contributed by atoms with Crippen LogP contribution in [0.4, 0.5) is 0 Å². The van der Waals surface area contributed by atoms with E-state index in [1.54, 1.807) is 0 Å². The van der Waals surface area contributed by atoms with Crippen LogP contribution in [-0.4, -0.2) is 27.5 Å². The highest BCUT2D eigenvalue weighted by atomic mass is 31.2. The smallest absolute Gasteiger partial charge is 0.324 e. The van der Waals surface area contributed by atoms with Gasteiger partial charge in [-0.25, -0.2) is 0 Å². The molecule has 0 bridgehead atoms. The summed E-state index contributed by atoms with van der Waals surface area (Å²) >= 11 is 0. The van der Waals surface area contributed by atoms with Gasteiger partial charge in [0.15, 0.2) is 0 Å². The Hall–Kier alpha value is -3.08. The lowest BCUT2D eigenvalue weighted by atomic mass is 9.96. The van der Waals surface area contributed by atoms with Crippen molar-refractivity contribution < 1.29 is 14.4 Å². The predicted octanol–water partition coefficient (Wildman–Crippen LogP) is 6.25. The Labute approximate surface area is 213 Å². The summed E-state index contributed by atoms with van der Waals surface area (Å²) in [6.07, 6.45) is 3.57. The Morgan fingerprint density at radius 1 is 0.694 bits per heavy atom. The average Bonchev–Trinajstić information content (AvgIpc) is 2.89. The van der Waals surface area contributed by atoms with Crippen LogP contribution in [0.3, 0.4) is 0 Å². The maximum atomic E-state index is 11.0. The zero-order chi connectivity index (χ0) is 25.2. The molecule has 6 heteroatoms. The lowest BCUT2D eigenvalue weighted by Crippen LogP contribution is -2.16. The zero-order valence-corrected chi connectivity index (χ0v) is 21.3. The molecule has 186 valence electrons. The normalized spacial score (nSPS) is 11.5. The summed E-state index contributed by atoms with van der Waals surface area (Å²) in [7, 11) is -3.95. The quantitative estimate of drug-likeness (QED) is 0.158. The monoisotopic (exact) mass is 500 g/mol. The molecule has 3 aromatic carbocycles. The second-order valence-electron chi connectivity index (χ2n) is 9.02. The molecule has 4 aromatic rings. The first-order valence-corrected chi connectivity index (χ1v) is 14.2. The van der Waals surface area contributed by atoms with Gasteiger partial charge in [-0.1, -0.05) is 91.0 Å². The van der Waals surface area contributed by atoms with Gasteiger partial charge in [0.25, 0.3) is 0 Å². The molecule has 0 aliphatic heterocycles. The fourth-order valence-electron chi connectivity index (χ4n) is 4.27. The van der Waals surface area contributed by atoms with E-state index in [2.05, 4.69) is 78.1 Å². The molecule has 0 radical (unpaired) electrons. The minimum atomic E-state index is -3.95. The standard InChI is InChI=1S/C30H33N2O3P/c33-36(34,35)22-8-21-31-23-28-19-20-29(30(32-28)27-13-5-2-6-14-27)26-17-15-25(16-18-26)12-7-11-24-9-3-1-4-10-24/h1-6,9-10,13-20,31H,7-8,11-12,21-23H2,(H2,33,34,35). The van der Waals surface area contributed by atoms with Gasteiger partial charge < -0.3 is 15.1 Å². The SMILES string of the molecule is O=P(O)(O)CCCNCc1ccc(-c2ccc(CCCc3ccccc3)cc2)c(-c2ccccc2)n1. The number of nitrogens with one attached hydrogen (secondary N) is 1. The van der Waals surface area contributed by atoms with E-state index in [1.807, 2.05) is 24.3 Å². The maximum absolute atomic E-state index is 11.0. The zero-order valence-electron chi connectivity index (χ0n) is 20.4. The fraction of sp³-hybridized carbons (Fsp3) is 0.233. The van der Waals surface area contributed by atoms with Crippen molar-refractivity contribution in [1.82, 2.24) is 10.3 Å². The molecule has 0 saturated heterocycles. The van der Waals surface area contributed by atoms with E-state index in [0.29, 0.717) is 19.5 Å². The van der Waals surface area contributed by atoms with Gasteiger partial charge in [0.05, 0.1) is 17.5 Å². The van der Waals surface area contributed by atoms with E-state index >= 15 is 0 Å².